The highest BCUT2D eigenvalue weighted by Crippen LogP contribution is 2.31. The highest BCUT2D eigenvalue weighted by Gasteiger charge is 2.23. The van der Waals surface area contributed by atoms with E-state index in [9.17, 15) is 14.9 Å². The van der Waals surface area contributed by atoms with Gasteiger partial charge < -0.3 is 9.15 Å². The molecule has 2 aromatic heterocycles. The predicted molar refractivity (Wildman–Crippen MR) is 101 cm³/mol. The molecule has 0 spiro atoms. The summed E-state index contributed by atoms with van der Waals surface area (Å²) in [5.41, 5.74) is 1.77. The fourth-order valence-electron chi connectivity index (χ4n) is 3.10. The van der Waals surface area contributed by atoms with Gasteiger partial charge in [0.05, 0.1) is 4.92 Å². The molecule has 8 nitrogen and oxygen atoms in total. The number of benzene rings is 1. The molecule has 2 heterocycles. The summed E-state index contributed by atoms with van der Waals surface area (Å²) in [7, 11) is 0. The molecule has 0 saturated carbocycles. The molecule has 3 aromatic rings. The highest BCUT2D eigenvalue weighted by molar-refractivity contribution is 7.14. The molecule has 0 aliphatic heterocycles. The molecule has 144 valence electrons. The molecule has 1 aliphatic carbocycles. The third-order valence-corrected chi connectivity index (χ3v) is 5.81. The Kier molecular flexibility index (Phi) is 4.91. The van der Waals surface area contributed by atoms with E-state index in [-0.39, 0.29) is 17.5 Å². The van der Waals surface area contributed by atoms with Crippen molar-refractivity contribution >= 4 is 23.0 Å². The number of rotatable bonds is 5. The molecule has 1 aliphatic rings. The predicted octanol–water partition coefficient (Wildman–Crippen LogP) is 4.50. The SMILES string of the molecule is C[C@@H](OC(=O)c1cc2c(s1)CCCC2)c1nnc(-c2ccc([N+](=O)[O-])cc2)o1. The molecular weight excluding hydrogens is 382 g/mol. The van der Waals surface area contributed by atoms with Crippen LogP contribution < -0.4 is 0 Å². The minimum Gasteiger partial charge on any atom is -0.448 e. The van der Waals surface area contributed by atoms with E-state index < -0.39 is 17.0 Å². The molecule has 0 unspecified atom stereocenters. The van der Waals surface area contributed by atoms with Gasteiger partial charge in [0.1, 0.15) is 4.88 Å². The van der Waals surface area contributed by atoms with Crippen molar-refractivity contribution < 1.29 is 18.9 Å². The van der Waals surface area contributed by atoms with Gasteiger partial charge in [-0.15, -0.1) is 21.5 Å². The molecule has 0 N–H and O–H groups in total. The maximum atomic E-state index is 12.5. The molecule has 9 heteroatoms. The van der Waals surface area contributed by atoms with Crippen LogP contribution in [0.15, 0.2) is 34.7 Å². The number of ether oxygens (including phenoxy) is 1. The Balaban J connectivity index is 1.45. The minimum atomic E-state index is -0.703. The summed E-state index contributed by atoms with van der Waals surface area (Å²) in [6.45, 7) is 1.67. The van der Waals surface area contributed by atoms with Crippen LogP contribution in [0.1, 0.15) is 51.9 Å². The lowest BCUT2D eigenvalue weighted by Gasteiger charge is -2.08. The smallest absolute Gasteiger partial charge is 0.349 e. The van der Waals surface area contributed by atoms with E-state index >= 15 is 0 Å². The standard InChI is InChI=1S/C19H17N3O5S/c1-11(26-19(23)16-10-13-4-2-3-5-15(13)28-16)17-20-21-18(27-17)12-6-8-14(9-7-12)22(24)25/h6-11H,2-5H2,1H3/t11-/m1/s1. The molecule has 1 atom stereocenters. The summed E-state index contributed by atoms with van der Waals surface area (Å²) in [6, 6.07) is 7.71. The summed E-state index contributed by atoms with van der Waals surface area (Å²) < 4.78 is 11.1. The van der Waals surface area contributed by atoms with Crippen molar-refractivity contribution in [2.24, 2.45) is 0 Å². The Labute approximate surface area is 164 Å². The van der Waals surface area contributed by atoms with Gasteiger partial charge in [0, 0.05) is 22.6 Å². The second kappa shape index (κ2) is 7.51. The Bertz CT molecular complexity index is 1000. The lowest BCUT2D eigenvalue weighted by Crippen LogP contribution is -2.08. The first kappa shape index (κ1) is 18.3. The van der Waals surface area contributed by atoms with E-state index in [0.29, 0.717) is 10.4 Å². The van der Waals surface area contributed by atoms with Crippen LogP contribution in [0, 0.1) is 10.1 Å². The number of nitro groups is 1. The van der Waals surface area contributed by atoms with E-state index in [1.165, 1.54) is 46.0 Å². The van der Waals surface area contributed by atoms with Crippen molar-refractivity contribution in [3.63, 3.8) is 0 Å². The van der Waals surface area contributed by atoms with Gasteiger partial charge in [-0.3, -0.25) is 10.1 Å². The Morgan fingerprint density at radius 3 is 2.71 bits per heavy atom. The summed E-state index contributed by atoms with van der Waals surface area (Å²) in [5.74, 6) is -0.0237. The summed E-state index contributed by atoms with van der Waals surface area (Å²) in [5, 5.41) is 18.6. The zero-order valence-electron chi connectivity index (χ0n) is 15.1. The van der Waals surface area contributed by atoms with Gasteiger partial charge in [0.2, 0.25) is 5.89 Å². The van der Waals surface area contributed by atoms with Gasteiger partial charge in [-0.2, -0.15) is 0 Å². The number of thiophene rings is 1. The van der Waals surface area contributed by atoms with Crippen LogP contribution in [0.25, 0.3) is 11.5 Å². The molecule has 1 aromatic carbocycles. The van der Waals surface area contributed by atoms with Gasteiger partial charge >= 0.3 is 5.97 Å². The number of carbonyl (C=O) groups excluding carboxylic acids is 1. The number of non-ortho nitro benzene ring substituents is 1. The van der Waals surface area contributed by atoms with Crippen molar-refractivity contribution in [1.29, 1.82) is 0 Å². The van der Waals surface area contributed by atoms with Gasteiger partial charge in [-0.25, -0.2) is 4.79 Å². The number of carbonyl (C=O) groups is 1. The number of hydrogen-bond acceptors (Lipinski definition) is 8. The van der Waals surface area contributed by atoms with Crippen molar-refractivity contribution in [3.8, 4) is 11.5 Å². The van der Waals surface area contributed by atoms with Gasteiger partial charge in [0.25, 0.3) is 11.6 Å². The average Bonchev–Trinajstić information content (AvgIpc) is 3.35. The van der Waals surface area contributed by atoms with Crippen molar-refractivity contribution in [3.05, 3.63) is 61.7 Å². The van der Waals surface area contributed by atoms with Crippen molar-refractivity contribution in [2.75, 3.05) is 0 Å². The molecule has 0 amide bonds. The maximum Gasteiger partial charge on any atom is 0.349 e. The van der Waals surface area contributed by atoms with Crippen LogP contribution in [0.5, 0.6) is 0 Å². The summed E-state index contributed by atoms with van der Waals surface area (Å²) in [6.07, 6.45) is 3.64. The fourth-order valence-corrected chi connectivity index (χ4v) is 4.24. The first-order chi connectivity index (χ1) is 13.5. The molecular formula is C19H17N3O5S. The van der Waals surface area contributed by atoms with Crippen LogP contribution in [-0.4, -0.2) is 21.1 Å². The van der Waals surface area contributed by atoms with E-state index in [0.717, 1.165) is 25.7 Å². The lowest BCUT2D eigenvalue weighted by atomic mass is 9.99. The third-order valence-electron chi connectivity index (χ3n) is 4.60. The van der Waals surface area contributed by atoms with Crippen LogP contribution in [0.2, 0.25) is 0 Å². The Morgan fingerprint density at radius 2 is 2.00 bits per heavy atom. The fraction of sp³-hybridized carbons (Fsp3) is 0.316. The number of hydrogen-bond donors (Lipinski definition) is 0. The lowest BCUT2D eigenvalue weighted by molar-refractivity contribution is -0.384. The molecule has 0 radical (unpaired) electrons. The monoisotopic (exact) mass is 399 g/mol. The first-order valence-electron chi connectivity index (χ1n) is 8.92. The van der Waals surface area contributed by atoms with Crippen LogP contribution in [-0.2, 0) is 17.6 Å². The Hall–Kier alpha value is -3.07. The van der Waals surface area contributed by atoms with Crippen LogP contribution in [0.3, 0.4) is 0 Å². The second-order valence-electron chi connectivity index (χ2n) is 6.56. The number of nitro benzene ring substituents is 1. The maximum absolute atomic E-state index is 12.5. The van der Waals surface area contributed by atoms with Crippen molar-refractivity contribution in [2.45, 2.75) is 38.7 Å². The van der Waals surface area contributed by atoms with E-state index in [4.69, 9.17) is 9.15 Å². The minimum absolute atomic E-state index is 0.0237. The zero-order valence-corrected chi connectivity index (χ0v) is 15.9. The Morgan fingerprint density at radius 1 is 1.25 bits per heavy atom. The van der Waals surface area contributed by atoms with Crippen LogP contribution in [0.4, 0.5) is 5.69 Å². The summed E-state index contributed by atoms with van der Waals surface area (Å²) >= 11 is 1.49. The number of nitrogens with zero attached hydrogens (tertiary/aromatic N) is 3. The zero-order chi connectivity index (χ0) is 19.7. The van der Waals surface area contributed by atoms with E-state index in [1.807, 2.05) is 6.07 Å². The summed E-state index contributed by atoms with van der Waals surface area (Å²) in [4.78, 5) is 24.6. The number of aromatic nitrogens is 2. The third kappa shape index (κ3) is 3.65. The topological polar surface area (TPSA) is 108 Å². The molecule has 4 rings (SSSR count). The average molecular weight is 399 g/mol. The van der Waals surface area contributed by atoms with E-state index in [2.05, 4.69) is 10.2 Å². The largest absolute Gasteiger partial charge is 0.448 e. The van der Waals surface area contributed by atoms with Gasteiger partial charge in [-0.1, -0.05) is 0 Å². The quantitative estimate of drug-likeness (QED) is 0.353. The molecule has 0 saturated heterocycles. The van der Waals surface area contributed by atoms with E-state index in [1.54, 1.807) is 6.92 Å². The normalized spacial score (nSPS) is 14.3. The van der Waals surface area contributed by atoms with Crippen LogP contribution >= 0.6 is 11.3 Å². The van der Waals surface area contributed by atoms with Gasteiger partial charge in [-0.05, 0) is 56.4 Å². The number of aryl methyl sites for hydroxylation is 2. The van der Waals surface area contributed by atoms with Gasteiger partial charge in [0.15, 0.2) is 6.10 Å². The molecule has 28 heavy (non-hydrogen) atoms. The molecule has 0 bridgehead atoms. The first-order valence-corrected chi connectivity index (χ1v) is 9.73. The van der Waals surface area contributed by atoms with Crippen molar-refractivity contribution in [1.82, 2.24) is 10.2 Å². The molecule has 0 fully saturated rings. The second-order valence-corrected chi connectivity index (χ2v) is 7.70. The number of esters is 1. The number of fused-ring (bicyclic) bond motifs is 1. The highest BCUT2D eigenvalue weighted by atomic mass is 32.1.